The first-order valence-corrected chi connectivity index (χ1v) is 8.54. The van der Waals surface area contributed by atoms with E-state index in [1.807, 2.05) is 37.8 Å². The maximum atomic E-state index is 12.3. The van der Waals surface area contributed by atoms with Gasteiger partial charge in [-0.3, -0.25) is 4.79 Å². The molecule has 2 aliphatic rings. The summed E-state index contributed by atoms with van der Waals surface area (Å²) < 4.78 is 5.36. The van der Waals surface area contributed by atoms with E-state index in [4.69, 9.17) is 16.3 Å². The molecule has 5 nitrogen and oxygen atoms in total. The summed E-state index contributed by atoms with van der Waals surface area (Å²) in [6, 6.07) is 7.35. The fourth-order valence-electron chi connectivity index (χ4n) is 3.25. The van der Waals surface area contributed by atoms with E-state index in [-0.39, 0.29) is 17.4 Å². The van der Waals surface area contributed by atoms with Crippen LogP contribution in [0.25, 0.3) is 0 Å². The Kier molecular flexibility index (Phi) is 4.24. The second kappa shape index (κ2) is 5.96. The SMILES string of the molecule is CC(C)(C)OC(=O)N1CC2(CN(C(=O)Cc3ccc(Cl)cc3)C2)C1. The van der Waals surface area contributed by atoms with Gasteiger partial charge < -0.3 is 14.5 Å². The van der Waals surface area contributed by atoms with Crippen molar-refractivity contribution in [1.82, 2.24) is 9.80 Å². The third-order valence-electron chi connectivity index (χ3n) is 4.38. The highest BCUT2D eigenvalue weighted by molar-refractivity contribution is 6.30. The molecule has 1 spiro atoms. The molecule has 130 valence electrons. The Morgan fingerprint density at radius 2 is 1.62 bits per heavy atom. The number of amides is 2. The highest BCUT2D eigenvalue weighted by Crippen LogP contribution is 2.40. The van der Waals surface area contributed by atoms with E-state index in [0.29, 0.717) is 24.5 Å². The maximum Gasteiger partial charge on any atom is 0.410 e. The lowest BCUT2D eigenvalue weighted by molar-refractivity contribution is -0.156. The van der Waals surface area contributed by atoms with Gasteiger partial charge in [0, 0.05) is 36.6 Å². The molecule has 24 heavy (non-hydrogen) atoms. The Morgan fingerprint density at radius 3 is 2.17 bits per heavy atom. The van der Waals surface area contributed by atoms with Gasteiger partial charge in [-0.25, -0.2) is 4.79 Å². The third-order valence-corrected chi connectivity index (χ3v) is 4.63. The smallest absolute Gasteiger partial charge is 0.410 e. The van der Waals surface area contributed by atoms with Crippen LogP contribution in [0.4, 0.5) is 4.79 Å². The first-order chi connectivity index (χ1) is 11.2. The maximum absolute atomic E-state index is 12.3. The lowest BCUT2D eigenvalue weighted by atomic mass is 9.73. The summed E-state index contributed by atoms with van der Waals surface area (Å²) in [4.78, 5) is 27.8. The van der Waals surface area contributed by atoms with E-state index >= 15 is 0 Å². The molecule has 0 aliphatic carbocycles. The van der Waals surface area contributed by atoms with Gasteiger partial charge in [-0.05, 0) is 38.5 Å². The largest absolute Gasteiger partial charge is 0.444 e. The van der Waals surface area contributed by atoms with Gasteiger partial charge in [0.15, 0.2) is 0 Å². The molecule has 0 saturated carbocycles. The molecular formula is C18H23ClN2O3. The van der Waals surface area contributed by atoms with E-state index < -0.39 is 5.60 Å². The third kappa shape index (κ3) is 3.66. The summed E-state index contributed by atoms with van der Waals surface area (Å²) in [6.07, 6.45) is 0.127. The zero-order valence-electron chi connectivity index (χ0n) is 14.3. The van der Waals surface area contributed by atoms with Gasteiger partial charge in [0.2, 0.25) is 5.91 Å². The number of nitrogens with zero attached hydrogens (tertiary/aromatic N) is 2. The molecule has 1 aromatic rings. The van der Waals surface area contributed by atoms with Crippen LogP contribution in [0, 0.1) is 5.41 Å². The van der Waals surface area contributed by atoms with Crippen LogP contribution in [0.5, 0.6) is 0 Å². The number of carbonyl (C=O) groups excluding carboxylic acids is 2. The lowest BCUT2D eigenvalue weighted by Crippen LogP contribution is -2.74. The Morgan fingerprint density at radius 1 is 1.08 bits per heavy atom. The van der Waals surface area contributed by atoms with Crippen LogP contribution in [0.15, 0.2) is 24.3 Å². The highest BCUT2D eigenvalue weighted by Gasteiger charge is 2.55. The van der Waals surface area contributed by atoms with E-state index in [2.05, 4.69) is 0 Å². The standard InChI is InChI=1S/C18H23ClN2O3/c1-17(2,3)24-16(23)21-11-18(12-21)9-20(10-18)15(22)8-13-4-6-14(19)7-5-13/h4-7H,8-12H2,1-3H3. The minimum atomic E-state index is -0.472. The predicted octanol–water partition coefficient (Wildman–Crippen LogP) is 2.96. The van der Waals surface area contributed by atoms with Gasteiger partial charge in [-0.1, -0.05) is 23.7 Å². The van der Waals surface area contributed by atoms with Crippen LogP contribution in [0.2, 0.25) is 5.02 Å². The molecule has 2 fully saturated rings. The molecule has 3 rings (SSSR count). The fourth-order valence-corrected chi connectivity index (χ4v) is 3.37. The van der Waals surface area contributed by atoms with Crippen molar-refractivity contribution in [3.8, 4) is 0 Å². The molecule has 1 aromatic carbocycles. The molecule has 2 aliphatic heterocycles. The molecule has 2 saturated heterocycles. The van der Waals surface area contributed by atoms with E-state index in [9.17, 15) is 9.59 Å². The van der Waals surface area contributed by atoms with Gasteiger partial charge in [0.25, 0.3) is 0 Å². The van der Waals surface area contributed by atoms with Crippen molar-refractivity contribution in [3.05, 3.63) is 34.9 Å². The van der Waals surface area contributed by atoms with Gasteiger partial charge >= 0.3 is 6.09 Å². The predicted molar refractivity (Wildman–Crippen MR) is 92.0 cm³/mol. The Balaban J connectivity index is 1.44. The van der Waals surface area contributed by atoms with Crippen molar-refractivity contribution in [1.29, 1.82) is 0 Å². The number of hydrogen-bond acceptors (Lipinski definition) is 3. The minimum absolute atomic E-state index is 0.0760. The van der Waals surface area contributed by atoms with Crippen molar-refractivity contribution < 1.29 is 14.3 Å². The number of likely N-dealkylation sites (tertiary alicyclic amines) is 2. The van der Waals surface area contributed by atoms with Crippen molar-refractivity contribution in [2.45, 2.75) is 32.8 Å². The van der Waals surface area contributed by atoms with Gasteiger partial charge in [0.05, 0.1) is 6.42 Å². The van der Waals surface area contributed by atoms with Crippen molar-refractivity contribution >= 4 is 23.6 Å². The lowest BCUT2D eigenvalue weighted by Gasteiger charge is -2.59. The van der Waals surface area contributed by atoms with Gasteiger partial charge in [-0.2, -0.15) is 0 Å². The summed E-state index contributed by atoms with van der Waals surface area (Å²) in [6.45, 7) is 8.37. The quantitative estimate of drug-likeness (QED) is 0.824. The monoisotopic (exact) mass is 350 g/mol. The first-order valence-electron chi connectivity index (χ1n) is 8.16. The van der Waals surface area contributed by atoms with E-state index in [1.165, 1.54) is 0 Å². The van der Waals surface area contributed by atoms with Crippen molar-refractivity contribution in [2.24, 2.45) is 5.41 Å². The summed E-state index contributed by atoms with van der Waals surface area (Å²) >= 11 is 5.85. The summed E-state index contributed by atoms with van der Waals surface area (Å²) in [5, 5.41) is 0.672. The minimum Gasteiger partial charge on any atom is -0.444 e. The Labute approximate surface area is 147 Å². The highest BCUT2D eigenvalue weighted by atomic mass is 35.5. The van der Waals surface area contributed by atoms with Gasteiger partial charge in [0.1, 0.15) is 5.60 Å². The molecule has 2 amide bonds. The van der Waals surface area contributed by atoms with Gasteiger partial charge in [-0.15, -0.1) is 0 Å². The molecule has 0 atom stereocenters. The molecule has 2 heterocycles. The van der Waals surface area contributed by atoms with Crippen LogP contribution in [0.3, 0.4) is 0 Å². The summed E-state index contributed by atoms with van der Waals surface area (Å²) in [5.41, 5.74) is 0.571. The average molecular weight is 351 g/mol. The van der Waals surface area contributed by atoms with Crippen LogP contribution < -0.4 is 0 Å². The first kappa shape index (κ1) is 17.1. The second-order valence-electron chi connectivity index (χ2n) is 7.89. The Hall–Kier alpha value is -1.75. The van der Waals surface area contributed by atoms with Crippen molar-refractivity contribution in [3.63, 3.8) is 0 Å². The van der Waals surface area contributed by atoms with Crippen LogP contribution >= 0.6 is 11.6 Å². The second-order valence-corrected chi connectivity index (χ2v) is 8.33. The van der Waals surface area contributed by atoms with Crippen LogP contribution in [-0.2, 0) is 16.0 Å². The molecule has 0 aromatic heterocycles. The molecule has 0 N–H and O–H groups in total. The molecule has 0 unspecified atom stereocenters. The van der Waals surface area contributed by atoms with Crippen molar-refractivity contribution in [2.75, 3.05) is 26.2 Å². The zero-order chi connectivity index (χ0) is 17.5. The molecule has 0 radical (unpaired) electrons. The number of carbonyl (C=O) groups is 2. The fraction of sp³-hybridized carbons (Fsp3) is 0.556. The Bertz CT molecular complexity index is 637. The van der Waals surface area contributed by atoms with E-state index in [0.717, 1.165) is 18.7 Å². The topological polar surface area (TPSA) is 49.9 Å². The summed E-state index contributed by atoms with van der Waals surface area (Å²) in [7, 11) is 0. The number of ether oxygens (including phenoxy) is 1. The number of halogens is 1. The molecule has 0 bridgehead atoms. The van der Waals surface area contributed by atoms with Crippen LogP contribution in [-0.4, -0.2) is 53.6 Å². The zero-order valence-corrected chi connectivity index (χ0v) is 15.1. The molecule has 6 heteroatoms. The van der Waals surface area contributed by atoms with E-state index in [1.54, 1.807) is 17.0 Å². The summed E-state index contributed by atoms with van der Waals surface area (Å²) in [5.74, 6) is 0.124. The average Bonchev–Trinajstić information content (AvgIpc) is 2.36. The number of rotatable bonds is 2. The number of benzene rings is 1. The normalized spacial score (nSPS) is 18.8. The van der Waals surface area contributed by atoms with Crippen LogP contribution in [0.1, 0.15) is 26.3 Å². The number of hydrogen-bond donors (Lipinski definition) is 0. The molecular weight excluding hydrogens is 328 g/mol.